The molecular weight excluding hydrogens is 333 g/mol. The number of halogens is 1. The average molecular weight is 347 g/mol. The van der Waals surface area contributed by atoms with Gasteiger partial charge in [-0.1, -0.05) is 24.3 Å². The van der Waals surface area contributed by atoms with Crippen LogP contribution < -0.4 is 4.74 Å². The largest absolute Gasteiger partial charge is 0.497 e. The third-order valence-electron chi connectivity index (χ3n) is 3.37. The van der Waals surface area contributed by atoms with E-state index in [1.54, 1.807) is 30.3 Å². The molecule has 0 saturated carbocycles. The molecule has 0 amide bonds. The molecule has 0 bridgehead atoms. The Morgan fingerprint density at radius 1 is 1.17 bits per heavy atom. The van der Waals surface area contributed by atoms with E-state index in [1.165, 1.54) is 25.3 Å². The number of ether oxygens (including phenoxy) is 1. The summed E-state index contributed by atoms with van der Waals surface area (Å²) in [5, 5.41) is 5.88. The molecule has 3 rings (SSSR count). The summed E-state index contributed by atoms with van der Waals surface area (Å²) >= 11 is 0. The maximum Gasteiger partial charge on any atom is 0.243 e. The molecule has 0 spiro atoms. The van der Waals surface area contributed by atoms with Gasteiger partial charge in [-0.15, -0.1) is 0 Å². The molecule has 124 valence electrons. The van der Waals surface area contributed by atoms with Gasteiger partial charge in [-0.2, -0.15) is 10.1 Å². The lowest BCUT2D eigenvalue weighted by atomic mass is 10.2. The fourth-order valence-corrected chi connectivity index (χ4v) is 3.36. The first-order valence-electron chi connectivity index (χ1n) is 7.02. The number of nitrogens with one attached hydrogen (secondary N) is 1. The molecule has 6 nitrogen and oxygen atoms in total. The van der Waals surface area contributed by atoms with Crippen LogP contribution in [-0.2, 0) is 15.6 Å². The standard InChI is InChI=1S/C16H14FN3O3S/c1-23-12-6-4-5-11(9-12)10-24(21,22)16-18-15(19-20-16)13-7-2-3-8-14(13)17/h2-9H,10H2,1H3,(H,18,19,20). The highest BCUT2D eigenvalue weighted by Gasteiger charge is 2.22. The normalized spacial score (nSPS) is 11.4. The first-order chi connectivity index (χ1) is 11.5. The zero-order valence-corrected chi connectivity index (χ0v) is 13.5. The van der Waals surface area contributed by atoms with Crippen molar-refractivity contribution in [2.24, 2.45) is 0 Å². The quantitative estimate of drug-likeness (QED) is 0.767. The lowest BCUT2D eigenvalue weighted by molar-refractivity contribution is 0.414. The fraction of sp³-hybridized carbons (Fsp3) is 0.125. The van der Waals surface area contributed by atoms with Gasteiger partial charge in [0, 0.05) is 0 Å². The Labute approximate surface area is 138 Å². The highest BCUT2D eigenvalue weighted by atomic mass is 32.2. The van der Waals surface area contributed by atoms with Crippen molar-refractivity contribution < 1.29 is 17.5 Å². The Balaban J connectivity index is 1.89. The van der Waals surface area contributed by atoms with Gasteiger partial charge in [-0.25, -0.2) is 17.9 Å². The van der Waals surface area contributed by atoms with Crippen molar-refractivity contribution in [2.45, 2.75) is 10.9 Å². The van der Waals surface area contributed by atoms with Gasteiger partial charge in [0.25, 0.3) is 0 Å². The van der Waals surface area contributed by atoms with E-state index in [4.69, 9.17) is 4.74 Å². The fourth-order valence-electron chi connectivity index (χ4n) is 2.20. The van der Waals surface area contributed by atoms with E-state index in [0.29, 0.717) is 11.3 Å². The first kappa shape index (κ1) is 16.1. The maximum absolute atomic E-state index is 13.8. The van der Waals surface area contributed by atoms with E-state index in [-0.39, 0.29) is 22.3 Å². The van der Waals surface area contributed by atoms with Crippen LogP contribution >= 0.6 is 0 Å². The van der Waals surface area contributed by atoms with Crippen LogP contribution in [0.25, 0.3) is 11.4 Å². The van der Waals surface area contributed by atoms with Crippen molar-refractivity contribution in [3.8, 4) is 17.1 Å². The molecule has 1 aromatic heterocycles. The molecule has 2 aromatic carbocycles. The molecule has 0 radical (unpaired) electrons. The Morgan fingerprint density at radius 2 is 1.96 bits per heavy atom. The molecule has 0 aliphatic rings. The van der Waals surface area contributed by atoms with Gasteiger partial charge < -0.3 is 4.74 Å². The molecule has 0 atom stereocenters. The van der Waals surface area contributed by atoms with Crippen molar-refractivity contribution in [1.82, 2.24) is 15.2 Å². The van der Waals surface area contributed by atoms with Crippen molar-refractivity contribution in [3.05, 3.63) is 59.9 Å². The number of aromatic amines is 1. The monoisotopic (exact) mass is 347 g/mol. The average Bonchev–Trinajstić information content (AvgIpc) is 3.06. The van der Waals surface area contributed by atoms with Crippen LogP contribution in [0, 0.1) is 5.82 Å². The lowest BCUT2D eigenvalue weighted by Gasteiger charge is -2.04. The molecular formula is C16H14FN3O3S. The zero-order valence-electron chi connectivity index (χ0n) is 12.7. The van der Waals surface area contributed by atoms with Crippen LogP contribution in [0.2, 0.25) is 0 Å². The summed E-state index contributed by atoms with van der Waals surface area (Å²) in [5.74, 6) is -0.228. The molecule has 0 fully saturated rings. The second-order valence-electron chi connectivity index (χ2n) is 5.05. The molecule has 0 aliphatic carbocycles. The number of sulfone groups is 1. The van der Waals surface area contributed by atoms with Gasteiger partial charge >= 0.3 is 0 Å². The SMILES string of the molecule is COc1cccc(CS(=O)(=O)c2nc(-c3ccccc3F)n[nH]2)c1. The lowest BCUT2D eigenvalue weighted by Crippen LogP contribution is -2.07. The molecule has 3 aromatic rings. The molecule has 24 heavy (non-hydrogen) atoms. The molecule has 8 heteroatoms. The van der Waals surface area contributed by atoms with Crippen LogP contribution in [-0.4, -0.2) is 30.7 Å². The zero-order chi connectivity index (χ0) is 17.2. The van der Waals surface area contributed by atoms with E-state index in [1.807, 2.05) is 0 Å². The van der Waals surface area contributed by atoms with Crippen molar-refractivity contribution in [2.75, 3.05) is 7.11 Å². The maximum atomic E-state index is 13.8. The summed E-state index contributed by atoms with van der Waals surface area (Å²) in [6.07, 6.45) is 0. The van der Waals surface area contributed by atoms with Gasteiger partial charge in [0.05, 0.1) is 18.4 Å². The second kappa shape index (κ2) is 6.40. The summed E-state index contributed by atoms with van der Waals surface area (Å²) in [6.45, 7) is 0. The van der Waals surface area contributed by atoms with E-state index < -0.39 is 15.7 Å². The minimum absolute atomic E-state index is 0.00248. The third kappa shape index (κ3) is 3.28. The number of H-pyrrole nitrogens is 1. The summed E-state index contributed by atoms with van der Waals surface area (Å²) in [6, 6.07) is 12.6. The first-order valence-corrected chi connectivity index (χ1v) is 8.68. The minimum Gasteiger partial charge on any atom is -0.497 e. The van der Waals surface area contributed by atoms with Crippen LogP contribution in [0.1, 0.15) is 5.56 Å². The predicted molar refractivity (Wildman–Crippen MR) is 85.7 cm³/mol. The number of benzene rings is 2. The molecule has 0 saturated heterocycles. The van der Waals surface area contributed by atoms with Crippen LogP contribution in [0.4, 0.5) is 4.39 Å². The highest BCUT2D eigenvalue weighted by Crippen LogP contribution is 2.22. The highest BCUT2D eigenvalue weighted by molar-refractivity contribution is 7.90. The molecule has 1 heterocycles. The topological polar surface area (TPSA) is 84.9 Å². The number of aromatic nitrogens is 3. The summed E-state index contributed by atoms with van der Waals surface area (Å²) in [7, 11) is -2.24. The van der Waals surface area contributed by atoms with Crippen LogP contribution in [0.3, 0.4) is 0 Å². The predicted octanol–water partition coefficient (Wildman–Crippen LogP) is 2.59. The minimum atomic E-state index is -3.75. The molecule has 1 N–H and O–H groups in total. The van der Waals surface area contributed by atoms with Gasteiger partial charge in [0.15, 0.2) is 5.82 Å². The van der Waals surface area contributed by atoms with Crippen LogP contribution in [0.5, 0.6) is 5.75 Å². The third-order valence-corrected chi connectivity index (χ3v) is 4.85. The number of hydrogen-bond acceptors (Lipinski definition) is 5. The van der Waals surface area contributed by atoms with Gasteiger partial charge in [-0.3, -0.25) is 0 Å². The number of nitrogens with zero attached hydrogens (tertiary/aromatic N) is 2. The van der Waals surface area contributed by atoms with E-state index in [2.05, 4.69) is 15.2 Å². The van der Waals surface area contributed by atoms with E-state index in [0.717, 1.165) is 0 Å². The molecule has 0 aliphatic heterocycles. The summed E-state index contributed by atoms with van der Waals surface area (Å²) in [5.41, 5.74) is 0.690. The van der Waals surface area contributed by atoms with Crippen molar-refractivity contribution in [1.29, 1.82) is 0 Å². The Kier molecular flexibility index (Phi) is 4.30. The smallest absolute Gasteiger partial charge is 0.243 e. The van der Waals surface area contributed by atoms with Crippen molar-refractivity contribution in [3.63, 3.8) is 0 Å². The number of hydrogen-bond donors (Lipinski definition) is 1. The van der Waals surface area contributed by atoms with Gasteiger partial charge in [0.1, 0.15) is 11.6 Å². The van der Waals surface area contributed by atoms with Gasteiger partial charge in [-0.05, 0) is 29.8 Å². The van der Waals surface area contributed by atoms with Crippen molar-refractivity contribution >= 4 is 9.84 Å². The summed E-state index contributed by atoms with van der Waals surface area (Å²) in [4.78, 5) is 3.93. The molecule has 0 unspecified atom stereocenters. The van der Waals surface area contributed by atoms with E-state index in [9.17, 15) is 12.8 Å². The van der Waals surface area contributed by atoms with Crippen LogP contribution in [0.15, 0.2) is 53.7 Å². The Hall–Kier alpha value is -2.74. The van der Waals surface area contributed by atoms with Gasteiger partial charge in [0.2, 0.25) is 15.0 Å². The second-order valence-corrected chi connectivity index (χ2v) is 6.96. The number of rotatable bonds is 5. The number of methoxy groups -OCH3 is 1. The Morgan fingerprint density at radius 3 is 2.71 bits per heavy atom. The summed E-state index contributed by atoms with van der Waals surface area (Å²) < 4.78 is 43.8. The van der Waals surface area contributed by atoms with E-state index >= 15 is 0 Å². The Bertz CT molecular complexity index is 970.